The van der Waals surface area contributed by atoms with Crippen LogP contribution < -0.4 is 4.74 Å². The van der Waals surface area contributed by atoms with Gasteiger partial charge < -0.3 is 4.74 Å². The number of benzene rings is 2. The number of hydrogen-bond donors (Lipinski definition) is 1. The molecule has 1 N–H and O–H groups in total. The fourth-order valence-corrected chi connectivity index (χ4v) is 2.33. The number of nitrogens with zero attached hydrogens (tertiary/aromatic N) is 2. The van der Waals surface area contributed by atoms with Gasteiger partial charge in [-0.2, -0.15) is 10.4 Å². The summed E-state index contributed by atoms with van der Waals surface area (Å²) in [5.74, 6) is 1.26. The van der Waals surface area contributed by atoms with E-state index in [0.29, 0.717) is 18.1 Å². The zero-order valence-corrected chi connectivity index (χ0v) is 12.6. The van der Waals surface area contributed by atoms with E-state index in [1.807, 2.05) is 36.4 Å². The zero-order valence-electron chi connectivity index (χ0n) is 12.6. The number of nitrogens with one attached hydrogen (secondary N) is 1. The number of aromatic nitrogens is 2. The van der Waals surface area contributed by atoms with Crippen LogP contribution in [-0.2, 0) is 0 Å². The maximum absolute atomic E-state index is 9.09. The number of rotatable bonds is 4. The Morgan fingerprint density at radius 3 is 2.82 bits per heavy atom. The van der Waals surface area contributed by atoms with Gasteiger partial charge in [0, 0.05) is 10.9 Å². The minimum Gasteiger partial charge on any atom is -0.493 e. The van der Waals surface area contributed by atoms with Crippen molar-refractivity contribution in [2.24, 2.45) is 5.92 Å². The number of aromatic amines is 1. The highest BCUT2D eigenvalue weighted by Gasteiger charge is 2.13. The van der Waals surface area contributed by atoms with E-state index in [2.05, 4.69) is 30.1 Å². The summed E-state index contributed by atoms with van der Waals surface area (Å²) in [7, 11) is 0. The van der Waals surface area contributed by atoms with Gasteiger partial charge in [-0.15, -0.1) is 0 Å². The van der Waals surface area contributed by atoms with Gasteiger partial charge >= 0.3 is 0 Å². The van der Waals surface area contributed by atoms with Crippen molar-refractivity contribution < 1.29 is 4.74 Å². The van der Waals surface area contributed by atoms with E-state index >= 15 is 0 Å². The fourth-order valence-electron chi connectivity index (χ4n) is 2.33. The van der Waals surface area contributed by atoms with Crippen LogP contribution in [-0.4, -0.2) is 16.8 Å². The molecule has 0 radical (unpaired) electrons. The molecular weight excluding hydrogens is 274 g/mol. The second kappa shape index (κ2) is 5.90. The van der Waals surface area contributed by atoms with E-state index in [0.717, 1.165) is 27.9 Å². The Kier molecular flexibility index (Phi) is 3.80. The summed E-state index contributed by atoms with van der Waals surface area (Å²) in [6.45, 7) is 4.89. The summed E-state index contributed by atoms with van der Waals surface area (Å²) in [5.41, 5.74) is 3.28. The lowest BCUT2D eigenvalue weighted by molar-refractivity contribution is 0.272. The average Bonchev–Trinajstić information content (AvgIpc) is 2.96. The molecular formula is C18H17N3O. The van der Waals surface area contributed by atoms with Crippen LogP contribution in [0.25, 0.3) is 22.2 Å². The van der Waals surface area contributed by atoms with E-state index in [9.17, 15) is 0 Å². The zero-order chi connectivity index (χ0) is 15.5. The molecule has 3 rings (SSSR count). The fraction of sp³-hybridized carbons (Fsp3) is 0.222. The molecule has 0 bridgehead atoms. The summed E-state index contributed by atoms with van der Waals surface area (Å²) in [4.78, 5) is 0. The molecule has 0 amide bonds. The van der Waals surface area contributed by atoms with Gasteiger partial charge in [0.25, 0.3) is 0 Å². The third-order valence-electron chi connectivity index (χ3n) is 3.41. The summed E-state index contributed by atoms with van der Waals surface area (Å²) >= 11 is 0. The largest absolute Gasteiger partial charge is 0.493 e. The Bertz CT molecular complexity index is 843. The van der Waals surface area contributed by atoms with Gasteiger partial charge in [-0.05, 0) is 36.2 Å². The van der Waals surface area contributed by atoms with Gasteiger partial charge in [-0.3, -0.25) is 5.10 Å². The molecule has 2 aromatic carbocycles. The number of hydrogen-bond acceptors (Lipinski definition) is 3. The molecule has 0 saturated heterocycles. The smallest absolute Gasteiger partial charge is 0.128 e. The highest BCUT2D eigenvalue weighted by molar-refractivity contribution is 5.95. The first kappa shape index (κ1) is 14.2. The molecule has 0 aliphatic rings. The van der Waals surface area contributed by atoms with Crippen molar-refractivity contribution in [2.45, 2.75) is 13.8 Å². The minimum atomic E-state index is 0.453. The Morgan fingerprint density at radius 2 is 2.05 bits per heavy atom. The molecule has 0 aliphatic heterocycles. The van der Waals surface area contributed by atoms with Crippen LogP contribution in [0.4, 0.5) is 0 Å². The van der Waals surface area contributed by atoms with Crippen LogP contribution in [0, 0.1) is 17.2 Å². The molecule has 3 aromatic rings. The van der Waals surface area contributed by atoms with Crippen molar-refractivity contribution >= 4 is 10.9 Å². The molecule has 4 nitrogen and oxygen atoms in total. The molecule has 1 aromatic heterocycles. The lowest BCUT2D eigenvalue weighted by atomic mass is 10.1. The van der Waals surface area contributed by atoms with Gasteiger partial charge in [0.1, 0.15) is 11.4 Å². The van der Waals surface area contributed by atoms with Crippen LogP contribution in [0.1, 0.15) is 19.4 Å². The third-order valence-corrected chi connectivity index (χ3v) is 3.41. The normalized spacial score (nSPS) is 10.8. The second-order valence-electron chi connectivity index (χ2n) is 5.65. The predicted octanol–water partition coefficient (Wildman–Crippen LogP) is 4.14. The summed E-state index contributed by atoms with van der Waals surface area (Å²) in [6, 6.07) is 15.5. The number of nitriles is 1. The van der Waals surface area contributed by atoms with E-state index < -0.39 is 0 Å². The van der Waals surface area contributed by atoms with Crippen LogP contribution in [0.15, 0.2) is 42.5 Å². The quantitative estimate of drug-likeness (QED) is 0.786. The lowest BCUT2D eigenvalue weighted by Gasteiger charge is -2.12. The molecule has 4 heteroatoms. The number of ether oxygens (including phenoxy) is 1. The molecule has 0 atom stereocenters. The van der Waals surface area contributed by atoms with Crippen molar-refractivity contribution in [2.75, 3.05) is 6.61 Å². The summed E-state index contributed by atoms with van der Waals surface area (Å²) in [6.07, 6.45) is 0. The average molecular weight is 291 g/mol. The van der Waals surface area contributed by atoms with Crippen molar-refractivity contribution in [3.63, 3.8) is 0 Å². The van der Waals surface area contributed by atoms with Crippen molar-refractivity contribution in [3.8, 4) is 23.1 Å². The molecule has 0 saturated carbocycles. The third kappa shape index (κ3) is 2.66. The molecule has 1 heterocycles. The number of para-hydroxylation sites is 1. The van der Waals surface area contributed by atoms with Crippen LogP contribution in [0.2, 0.25) is 0 Å². The monoisotopic (exact) mass is 291 g/mol. The molecule has 0 fully saturated rings. The first-order valence-electron chi connectivity index (χ1n) is 7.29. The molecule has 22 heavy (non-hydrogen) atoms. The molecule has 0 spiro atoms. The van der Waals surface area contributed by atoms with E-state index in [1.54, 1.807) is 6.07 Å². The first-order chi connectivity index (χ1) is 10.7. The van der Waals surface area contributed by atoms with Crippen molar-refractivity contribution in [1.29, 1.82) is 5.26 Å². The molecule has 0 aliphatic carbocycles. The summed E-state index contributed by atoms with van der Waals surface area (Å²) in [5, 5.41) is 17.5. The van der Waals surface area contributed by atoms with Crippen LogP contribution >= 0.6 is 0 Å². The standard InChI is InChI=1S/C18H17N3O/c1-12(2)11-22-17-6-4-3-5-14(17)18-15-9-13(10-19)7-8-16(15)20-21-18/h3-9,12H,11H2,1-2H3,(H,20,21). The SMILES string of the molecule is CC(C)COc1ccccc1-c1n[nH]c2ccc(C#N)cc12. The van der Waals surface area contributed by atoms with E-state index in [-0.39, 0.29) is 0 Å². The minimum absolute atomic E-state index is 0.453. The van der Waals surface area contributed by atoms with Crippen LogP contribution in [0.3, 0.4) is 0 Å². The maximum Gasteiger partial charge on any atom is 0.128 e. The van der Waals surface area contributed by atoms with Crippen LogP contribution in [0.5, 0.6) is 5.75 Å². The predicted molar refractivity (Wildman–Crippen MR) is 86.6 cm³/mol. The van der Waals surface area contributed by atoms with Crippen molar-refractivity contribution in [3.05, 3.63) is 48.0 Å². The maximum atomic E-state index is 9.09. The summed E-state index contributed by atoms with van der Waals surface area (Å²) < 4.78 is 5.91. The Labute approximate surface area is 129 Å². The number of fused-ring (bicyclic) bond motifs is 1. The first-order valence-corrected chi connectivity index (χ1v) is 7.29. The Morgan fingerprint density at radius 1 is 1.23 bits per heavy atom. The van der Waals surface area contributed by atoms with E-state index in [4.69, 9.17) is 10.00 Å². The van der Waals surface area contributed by atoms with Crippen molar-refractivity contribution in [1.82, 2.24) is 10.2 Å². The van der Waals surface area contributed by atoms with Gasteiger partial charge in [-0.25, -0.2) is 0 Å². The Balaban J connectivity index is 2.10. The lowest BCUT2D eigenvalue weighted by Crippen LogP contribution is -2.05. The van der Waals surface area contributed by atoms with Gasteiger partial charge in [0.15, 0.2) is 0 Å². The topological polar surface area (TPSA) is 61.7 Å². The molecule has 0 unspecified atom stereocenters. The molecule has 110 valence electrons. The highest BCUT2D eigenvalue weighted by Crippen LogP contribution is 2.33. The van der Waals surface area contributed by atoms with Gasteiger partial charge in [0.2, 0.25) is 0 Å². The number of H-pyrrole nitrogens is 1. The Hall–Kier alpha value is -2.80. The highest BCUT2D eigenvalue weighted by atomic mass is 16.5. The van der Waals surface area contributed by atoms with Gasteiger partial charge in [0.05, 0.1) is 23.8 Å². The van der Waals surface area contributed by atoms with Gasteiger partial charge in [-0.1, -0.05) is 26.0 Å². The van der Waals surface area contributed by atoms with E-state index in [1.165, 1.54) is 0 Å². The second-order valence-corrected chi connectivity index (χ2v) is 5.65.